The fraction of sp³-hybridized carbons (Fsp3) is 0.387. The van der Waals surface area contributed by atoms with Crippen LogP contribution in [0, 0.1) is 17.3 Å². The van der Waals surface area contributed by atoms with E-state index in [2.05, 4.69) is 17.0 Å². The van der Waals surface area contributed by atoms with Crippen molar-refractivity contribution in [2.45, 2.75) is 45.2 Å². The van der Waals surface area contributed by atoms with Gasteiger partial charge in [-0.05, 0) is 79.9 Å². The quantitative estimate of drug-likeness (QED) is 0.367. The van der Waals surface area contributed by atoms with Gasteiger partial charge in [-0.2, -0.15) is 0 Å². The number of rotatable bonds is 4. The molecule has 4 aliphatic rings. The zero-order chi connectivity index (χ0) is 28.5. The molecule has 208 valence electrons. The number of hydrogen-bond donors (Lipinski definition) is 5. The molecule has 2 aromatic rings. The molecule has 4 atom stereocenters. The SMILES string of the molecule is CC12C(=O)C3=C(O)c4c(O)ccc(-c5ccc(CN6CCCC6)cc5)c4C[C@H]3C[C@H]1C(N)C(=O)C(C(N)=O)=C2O. The van der Waals surface area contributed by atoms with Gasteiger partial charge in [0.1, 0.15) is 22.8 Å². The van der Waals surface area contributed by atoms with Crippen molar-refractivity contribution in [2.24, 2.45) is 28.7 Å². The van der Waals surface area contributed by atoms with E-state index in [1.807, 2.05) is 12.1 Å². The van der Waals surface area contributed by atoms with E-state index in [-0.39, 0.29) is 29.1 Å². The van der Waals surface area contributed by atoms with Crippen LogP contribution in [0.1, 0.15) is 42.9 Å². The van der Waals surface area contributed by atoms with E-state index < -0.39 is 52.1 Å². The molecule has 1 saturated carbocycles. The summed E-state index contributed by atoms with van der Waals surface area (Å²) in [6, 6.07) is 10.3. The number of hydrogen-bond acceptors (Lipinski definition) is 8. The minimum absolute atomic E-state index is 0.0524. The van der Waals surface area contributed by atoms with Crippen molar-refractivity contribution in [1.29, 1.82) is 0 Å². The standard InChI is InChI=1S/C31H33N3O6/c1-31-20(25(32)27(37)24(29(31)39)30(33)40)13-17-12-19-18(8-9-21(35)23(19)26(36)22(17)28(31)38)16-6-4-15(5-7-16)14-34-10-2-3-11-34/h4-9,17,20,25,35-36,39H,2-3,10-14,32H2,1H3,(H2,33,40)/t17-,20-,25?,31?/m0/s1. The number of nitrogens with zero attached hydrogens (tertiary/aromatic N) is 1. The van der Waals surface area contributed by atoms with Crippen LogP contribution < -0.4 is 11.5 Å². The number of aromatic hydroxyl groups is 1. The van der Waals surface area contributed by atoms with Crippen molar-refractivity contribution < 1.29 is 29.7 Å². The van der Waals surface area contributed by atoms with Crippen LogP contribution in [-0.2, 0) is 27.3 Å². The Morgan fingerprint density at radius 3 is 2.38 bits per heavy atom. The number of carbonyl (C=O) groups is 3. The summed E-state index contributed by atoms with van der Waals surface area (Å²) in [6.45, 7) is 4.53. The number of nitrogens with two attached hydrogens (primary N) is 2. The second-order valence-electron chi connectivity index (χ2n) is 11.7. The van der Waals surface area contributed by atoms with Gasteiger partial charge in [0.05, 0.1) is 17.0 Å². The molecule has 1 amide bonds. The monoisotopic (exact) mass is 543 g/mol. The van der Waals surface area contributed by atoms with Crippen LogP contribution in [-0.4, -0.2) is 56.8 Å². The van der Waals surface area contributed by atoms with Gasteiger partial charge < -0.3 is 26.8 Å². The van der Waals surface area contributed by atoms with E-state index >= 15 is 0 Å². The lowest BCUT2D eigenvalue weighted by atomic mass is 9.53. The molecule has 1 heterocycles. The van der Waals surface area contributed by atoms with E-state index in [0.717, 1.165) is 30.8 Å². The zero-order valence-corrected chi connectivity index (χ0v) is 22.3. The third-order valence-electron chi connectivity index (χ3n) is 9.47. The number of benzene rings is 2. The van der Waals surface area contributed by atoms with E-state index in [1.54, 1.807) is 6.07 Å². The van der Waals surface area contributed by atoms with Gasteiger partial charge in [-0.25, -0.2) is 0 Å². The molecule has 0 spiro atoms. The Bertz CT molecular complexity index is 1520. The van der Waals surface area contributed by atoms with E-state index in [0.29, 0.717) is 12.0 Å². The summed E-state index contributed by atoms with van der Waals surface area (Å²) in [7, 11) is 0. The van der Waals surface area contributed by atoms with Crippen molar-refractivity contribution in [2.75, 3.05) is 13.1 Å². The molecular weight excluding hydrogens is 510 g/mol. The summed E-state index contributed by atoms with van der Waals surface area (Å²) >= 11 is 0. The van der Waals surface area contributed by atoms with Crippen molar-refractivity contribution in [3.8, 4) is 16.9 Å². The number of aliphatic hydroxyl groups excluding tert-OH is 2. The molecule has 9 nitrogen and oxygen atoms in total. The van der Waals surface area contributed by atoms with Crippen LogP contribution in [0.3, 0.4) is 0 Å². The summed E-state index contributed by atoms with van der Waals surface area (Å²) < 4.78 is 0. The number of fused-ring (bicyclic) bond motifs is 3. The molecule has 1 aliphatic heterocycles. The maximum Gasteiger partial charge on any atom is 0.255 e. The lowest BCUT2D eigenvalue weighted by Crippen LogP contribution is -2.60. The van der Waals surface area contributed by atoms with E-state index in [4.69, 9.17) is 11.5 Å². The molecule has 40 heavy (non-hydrogen) atoms. The second-order valence-corrected chi connectivity index (χ2v) is 11.7. The molecule has 6 rings (SSSR count). The average Bonchev–Trinajstić information content (AvgIpc) is 3.43. The Morgan fingerprint density at radius 2 is 1.73 bits per heavy atom. The molecular formula is C31H33N3O6. The summed E-state index contributed by atoms with van der Waals surface area (Å²) in [5, 5.41) is 33.3. The first-order chi connectivity index (χ1) is 19.0. The number of phenolic OH excluding ortho intramolecular Hbond substituents is 1. The summed E-state index contributed by atoms with van der Waals surface area (Å²) in [5.41, 5.74) is 13.1. The first-order valence-corrected chi connectivity index (χ1v) is 13.7. The molecule has 2 fully saturated rings. The zero-order valence-electron chi connectivity index (χ0n) is 22.3. The van der Waals surface area contributed by atoms with Gasteiger partial charge in [0.2, 0.25) is 0 Å². The predicted molar refractivity (Wildman–Crippen MR) is 148 cm³/mol. The molecule has 2 unspecified atom stereocenters. The number of likely N-dealkylation sites (tertiary alicyclic amines) is 1. The second kappa shape index (κ2) is 9.31. The first kappa shape index (κ1) is 26.3. The molecule has 2 aromatic carbocycles. The van der Waals surface area contributed by atoms with Crippen LogP contribution in [0.15, 0.2) is 53.3 Å². The van der Waals surface area contributed by atoms with Crippen LogP contribution in [0.4, 0.5) is 0 Å². The number of phenols is 1. The highest BCUT2D eigenvalue weighted by Crippen LogP contribution is 2.56. The number of carbonyl (C=O) groups excluding carboxylic acids is 3. The van der Waals surface area contributed by atoms with Crippen molar-refractivity contribution in [3.63, 3.8) is 0 Å². The highest BCUT2D eigenvalue weighted by atomic mass is 16.3. The Morgan fingerprint density at radius 1 is 1.05 bits per heavy atom. The number of ketones is 2. The number of primary amides is 1. The van der Waals surface area contributed by atoms with Gasteiger partial charge in [0, 0.05) is 18.0 Å². The van der Waals surface area contributed by atoms with Gasteiger partial charge >= 0.3 is 0 Å². The van der Waals surface area contributed by atoms with Crippen molar-refractivity contribution >= 4 is 23.2 Å². The fourth-order valence-electron chi connectivity index (χ4n) is 7.28. The van der Waals surface area contributed by atoms with Crippen LogP contribution in [0.5, 0.6) is 5.75 Å². The van der Waals surface area contributed by atoms with Gasteiger partial charge in [0.25, 0.3) is 5.91 Å². The van der Waals surface area contributed by atoms with Crippen LogP contribution in [0.25, 0.3) is 16.9 Å². The highest BCUT2D eigenvalue weighted by Gasteiger charge is 2.61. The predicted octanol–water partition coefficient (Wildman–Crippen LogP) is 2.90. The summed E-state index contributed by atoms with van der Waals surface area (Å²) in [6.07, 6.45) is 2.98. The third-order valence-corrected chi connectivity index (χ3v) is 9.47. The van der Waals surface area contributed by atoms with Crippen LogP contribution >= 0.6 is 0 Å². The molecule has 0 radical (unpaired) electrons. The Balaban J connectivity index is 1.43. The Hall–Kier alpha value is -3.95. The number of aliphatic hydroxyl groups is 2. The molecule has 0 aromatic heterocycles. The number of Topliss-reactive ketones (excluding diaryl/α,β-unsaturated/α-hetero) is 2. The largest absolute Gasteiger partial charge is 0.510 e. The van der Waals surface area contributed by atoms with Gasteiger partial charge in [0.15, 0.2) is 11.6 Å². The third kappa shape index (κ3) is 3.72. The minimum Gasteiger partial charge on any atom is -0.510 e. The Labute approximate surface area is 231 Å². The highest BCUT2D eigenvalue weighted by molar-refractivity contribution is 6.23. The maximum atomic E-state index is 14.0. The Kier molecular flexibility index (Phi) is 6.12. The smallest absolute Gasteiger partial charge is 0.255 e. The fourth-order valence-corrected chi connectivity index (χ4v) is 7.28. The normalized spacial score (nSPS) is 28.4. The molecule has 9 heteroatoms. The van der Waals surface area contributed by atoms with Crippen molar-refractivity contribution in [3.05, 3.63) is 70.0 Å². The number of allylic oxidation sites excluding steroid dienone is 2. The van der Waals surface area contributed by atoms with Crippen LogP contribution in [0.2, 0.25) is 0 Å². The lowest BCUT2D eigenvalue weighted by molar-refractivity contribution is -0.135. The van der Waals surface area contributed by atoms with Gasteiger partial charge in [-0.1, -0.05) is 30.3 Å². The van der Waals surface area contributed by atoms with Gasteiger partial charge in [-0.15, -0.1) is 0 Å². The number of amides is 1. The van der Waals surface area contributed by atoms with Crippen molar-refractivity contribution in [1.82, 2.24) is 4.90 Å². The van der Waals surface area contributed by atoms with E-state index in [9.17, 15) is 29.7 Å². The molecule has 0 bridgehead atoms. The summed E-state index contributed by atoms with van der Waals surface area (Å²) in [5.74, 6) is -5.13. The molecule has 3 aliphatic carbocycles. The molecule has 7 N–H and O–H groups in total. The van der Waals surface area contributed by atoms with Gasteiger partial charge in [-0.3, -0.25) is 19.3 Å². The summed E-state index contributed by atoms with van der Waals surface area (Å²) in [4.78, 5) is 41.3. The lowest BCUT2D eigenvalue weighted by Gasteiger charge is -2.49. The topological polar surface area (TPSA) is 167 Å². The first-order valence-electron chi connectivity index (χ1n) is 13.7. The van der Waals surface area contributed by atoms with E-state index in [1.165, 1.54) is 31.4 Å². The minimum atomic E-state index is -1.71. The average molecular weight is 544 g/mol. The molecule has 1 saturated heterocycles. The maximum absolute atomic E-state index is 14.0.